The molecular formula is C113H128F3N21O7. The Morgan fingerprint density at radius 3 is 0.903 bits per heavy atom. The Balaban J connectivity index is 0.000000137. The van der Waals surface area contributed by atoms with Crippen LogP contribution in [0.1, 0.15) is 229 Å². The van der Waals surface area contributed by atoms with Crippen LogP contribution in [0.3, 0.4) is 0 Å². The second-order valence-corrected chi connectivity index (χ2v) is 42.6. The van der Waals surface area contributed by atoms with Crippen LogP contribution in [0.25, 0.3) is 97.8 Å². The molecule has 3 atom stereocenters. The Bertz CT molecular complexity index is 7150. The molecule has 1 unspecified atom stereocenters. The summed E-state index contributed by atoms with van der Waals surface area (Å²) in [4.78, 5) is 112. The van der Waals surface area contributed by atoms with Gasteiger partial charge >= 0.3 is 0 Å². The van der Waals surface area contributed by atoms with Gasteiger partial charge in [0.15, 0.2) is 17.1 Å². The summed E-state index contributed by atoms with van der Waals surface area (Å²) in [5.74, 6) is 1.86. The van der Waals surface area contributed by atoms with E-state index in [4.69, 9.17) is 19.7 Å². The van der Waals surface area contributed by atoms with Crippen molar-refractivity contribution in [2.24, 2.45) is 45.8 Å². The highest BCUT2D eigenvalue weighted by atomic mass is 19.1. The lowest BCUT2D eigenvalue weighted by atomic mass is 9.92. The first-order chi connectivity index (χ1) is 68.2. The van der Waals surface area contributed by atoms with E-state index >= 15 is 0 Å². The highest BCUT2D eigenvalue weighted by Crippen LogP contribution is 2.52. The van der Waals surface area contributed by atoms with E-state index in [1.54, 1.807) is 119 Å². The van der Waals surface area contributed by atoms with Crippen LogP contribution in [0.4, 0.5) is 65.9 Å². The van der Waals surface area contributed by atoms with Gasteiger partial charge in [0.2, 0.25) is 71.1 Å². The zero-order valence-electron chi connectivity index (χ0n) is 85.4. The summed E-state index contributed by atoms with van der Waals surface area (Å²) in [7, 11) is 0. The monoisotopic (exact) mass is 1950 g/mol. The Labute approximate surface area is 838 Å². The van der Waals surface area contributed by atoms with Crippen LogP contribution in [-0.4, -0.2) is 103 Å². The van der Waals surface area contributed by atoms with Crippen LogP contribution >= 0.6 is 0 Å². The number of amides is 6. The summed E-state index contributed by atoms with van der Waals surface area (Å²) in [5.41, 5.74) is 16.0. The third-order valence-electron chi connectivity index (χ3n) is 26.5. The van der Waals surface area contributed by atoms with Gasteiger partial charge in [0.1, 0.15) is 17.5 Å². The van der Waals surface area contributed by atoms with Crippen LogP contribution in [0.2, 0.25) is 0 Å². The number of aryl methyl sites for hydroxylation is 3. The number of benzene rings is 9. The molecule has 6 amide bonds. The van der Waals surface area contributed by atoms with Gasteiger partial charge in [0.05, 0.1) is 97.9 Å². The molecule has 4 aliphatic carbocycles. The fraction of sp³-hybridized carbons (Fsp3) is 0.389. The number of fused-ring (bicyclic) bond motifs is 6. The first kappa shape index (κ1) is 105. The summed E-state index contributed by atoms with van der Waals surface area (Å²) < 4.78 is 51.8. The van der Waals surface area contributed by atoms with E-state index in [1.165, 1.54) is 98.0 Å². The second-order valence-electron chi connectivity index (χ2n) is 42.6. The average Bonchev–Trinajstić information content (AvgIpc) is 1.47. The van der Waals surface area contributed by atoms with Crippen molar-refractivity contribution >= 4 is 154 Å². The number of nitrogens with zero attached hydrogens (tertiary/aromatic N) is 15. The molecule has 31 heteroatoms. The Kier molecular flexibility index (Phi) is 31.8. The molecule has 0 saturated heterocycles. The largest absolute Gasteiger partial charge is 0.390 e. The zero-order chi connectivity index (χ0) is 104. The number of rotatable bonds is 21. The molecule has 6 heterocycles. The summed E-state index contributed by atoms with van der Waals surface area (Å²) in [6.45, 7) is 59.4. The number of hydrogen-bond acceptors (Lipinski definition) is 13. The van der Waals surface area contributed by atoms with E-state index in [0.29, 0.717) is 140 Å². The van der Waals surface area contributed by atoms with Crippen molar-refractivity contribution in [3.8, 4) is 17.1 Å². The van der Waals surface area contributed by atoms with Gasteiger partial charge in [0.25, 0.3) is 0 Å². The number of hydrogen-bond donors (Lipinski definition) is 7. The molecule has 7 N–H and O–H groups in total. The number of carbonyl (C=O) groups excluding carboxylic acids is 6. The normalized spacial score (nSPS) is 14.8. The van der Waals surface area contributed by atoms with Gasteiger partial charge in [-0.25, -0.2) is 57.6 Å². The van der Waals surface area contributed by atoms with E-state index in [2.05, 4.69) is 190 Å². The number of aliphatic hydroxyl groups is 1. The average molecular weight is 1950 g/mol. The maximum absolute atomic E-state index is 13.3. The van der Waals surface area contributed by atoms with Crippen molar-refractivity contribution in [1.82, 2.24) is 57.3 Å². The molecule has 144 heavy (non-hydrogen) atoms. The molecule has 0 radical (unpaired) electrons. The standard InChI is InChI=1S/C20H17FN4O.2C20H19FN4O.2C18H25N3O.C17H23N3O2/c1-20(2)11-15(20)18(26)24-19-23-16-9-6-13(22-3)10-17(16)25(19)14-7-4-12(21)5-8-14;1-20(2,3)12-18(26)24-19-23-16-10-7-14(22-4)11-17(16)25(19)15-8-5-13(21)6-9-15;1-12(2)13(3)19(26)24-20-23-17-10-7-15(22-4)11-18(17)25(20)16-8-5-14(21)6-9-16;1-12-8-9-14-15(10-12)21(13-6-5-7-13)17(19-14)20-16(22)11-18(2,3)4;1-11(2)13(4)17(22)20-18-19-15-9-8-12(3)10-16(15)21(18)14-6-5-7-14;1-11-7-8-13-14(9-11)20(12-5-4-6-12)16(18-13)19-15(21)10-17(2,3)22/h4-10,15H,11H2,1-2H3,(H,23,24,26);5-11H,12H2,1-3H3,(H,23,24,26);5-13H,1-3H3,(H,23,24,26);8-10,13H,5-7,11H2,1-4H3,(H,19,20,22);8-11,13-14H,5-7H2,1-4H3,(H,19,20,22);7-9,12,22H,4-6,10H2,1-3H3,(H,18,19,21)/t;;13-;;13-;/m..0.0./s1. The Morgan fingerprint density at radius 1 is 0.375 bits per heavy atom. The molecular weight excluding hydrogens is 1820 g/mol. The van der Waals surface area contributed by atoms with Crippen LogP contribution in [0, 0.1) is 104 Å². The van der Waals surface area contributed by atoms with Crippen molar-refractivity contribution in [3.05, 3.63) is 250 Å². The molecule has 19 rings (SSSR count). The van der Waals surface area contributed by atoms with Crippen molar-refractivity contribution in [2.75, 3.05) is 31.9 Å². The van der Waals surface area contributed by atoms with Gasteiger partial charge in [-0.2, -0.15) is 0 Å². The lowest BCUT2D eigenvalue weighted by molar-refractivity contribution is -0.121. The number of halogens is 3. The van der Waals surface area contributed by atoms with Crippen molar-refractivity contribution in [3.63, 3.8) is 0 Å². The van der Waals surface area contributed by atoms with E-state index in [1.807, 2.05) is 72.7 Å². The van der Waals surface area contributed by atoms with Crippen molar-refractivity contribution in [1.29, 1.82) is 0 Å². The SMILES string of the molecule is Cc1ccc2nc(NC(=O)CC(C)(C)C)n(C3CCC3)c2c1.Cc1ccc2nc(NC(=O)CC(C)(C)O)n(C3CCC3)c2c1.Cc1ccc2nc(NC(=O)[C@@H](C)C(C)C)n(C3CCC3)c2c1.[C-]#[N+]c1ccc2nc(NC(=O)C3CC3(C)C)n(-c3ccc(F)cc3)c2c1.[C-]#[N+]c1ccc2nc(NC(=O)CC(C)(C)C)n(-c3ccc(F)cc3)c2c1.[C-]#[N+]c1ccc2nc(NC(=O)[C@@H](C)C(C)C)n(-c3ccc(F)cc3)c2c1. The smallest absolute Gasteiger partial charge is 0.230 e. The zero-order valence-corrected chi connectivity index (χ0v) is 85.4. The van der Waals surface area contributed by atoms with E-state index in [9.17, 15) is 47.0 Å². The van der Waals surface area contributed by atoms with Gasteiger partial charge in [-0.05, 0) is 289 Å². The molecule has 4 aliphatic rings. The number of imidazole rings is 6. The highest BCUT2D eigenvalue weighted by molar-refractivity contribution is 5.99. The van der Waals surface area contributed by atoms with Crippen LogP contribution in [-0.2, 0) is 28.8 Å². The van der Waals surface area contributed by atoms with Gasteiger partial charge < -0.3 is 18.8 Å². The van der Waals surface area contributed by atoms with Gasteiger partial charge in [-0.15, -0.1) is 0 Å². The molecule has 9 aromatic carbocycles. The highest BCUT2D eigenvalue weighted by Gasteiger charge is 2.51. The first-order valence-corrected chi connectivity index (χ1v) is 49.2. The van der Waals surface area contributed by atoms with E-state index in [-0.39, 0.29) is 99.2 Å². The lowest BCUT2D eigenvalue weighted by Crippen LogP contribution is -2.29. The van der Waals surface area contributed by atoms with Crippen LogP contribution < -0.4 is 31.9 Å². The maximum atomic E-state index is 13.3. The van der Waals surface area contributed by atoms with Gasteiger partial charge in [-0.3, -0.25) is 74.4 Å². The van der Waals surface area contributed by atoms with Crippen molar-refractivity contribution < 1.29 is 47.0 Å². The number of anilines is 6. The number of aromatic nitrogens is 12. The number of nitrogens with one attached hydrogen (secondary N) is 6. The van der Waals surface area contributed by atoms with Crippen LogP contribution in [0.5, 0.6) is 0 Å². The minimum atomic E-state index is -1.02. The molecule has 28 nitrogen and oxygen atoms in total. The third kappa shape index (κ3) is 25.5. The fourth-order valence-electron chi connectivity index (χ4n) is 17.2. The molecule has 0 aliphatic heterocycles. The molecule has 6 aromatic heterocycles. The predicted molar refractivity (Wildman–Crippen MR) is 565 cm³/mol. The lowest BCUT2D eigenvalue weighted by Gasteiger charge is -2.29. The Morgan fingerprint density at radius 2 is 0.632 bits per heavy atom. The molecule has 0 spiro atoms. The number of carbonyl (C=O) groups is 6. The second kappa shape index (κ2) is 43.7. The topological polar surface area (TPSA) is 315 Å². The van der Waals surface area contributed by atoms with E-state index in [0.717, 1.165) is 52.4 Å². The summed E-state index contributed by atoms with van der Waals surface area (Å²) in [6.07, 6.45) is 12.4. The maximum Gasteiger partial charge on any atom is 0.230 e. The third-order valence-corrected chi connectivity index (χ3v) is 26.5. The summed E-state index contributed by atoms with van der Waals surface area (Å²) in [5, 5.41) is 27.4. The molecule has 4 fully saturated rings. The predicted octanol–water partition coefficient (Wildman–Crippen LogP) is 26.7. The summed E-state index contributed by atoms with van der Waals surface area (Å²) >= 11 is 0. The summed E-state index contributed by atoms with van der Waals surface area (Å²) in [6, 6.07) is 53.3. The Hall–Kier alpha value is -15.2. The molecule has 4 saturated carbocycles. The molecule has 0 bridgehead atoms. The quantitative estimate of drug-likeness (QED) is 0.0330. The fourth-order valence-corrected chi connectivity index (χ4v) is 17.2. The van der Waals surface area contributed by atoms with Crippen molar-refractivity contribution in [2.45, 2.75) is 239 Å². The van der Waals surface area contributed by atoms with Gasteiger partial charge in [0, 0.05) is 65.8 Å². The minimum Gasteiger partial charge on any atom is -0.390 e. The molecule has 748 valence electrons. The minimum absolute atomic E-state index is 0.00801. The van der Waals surface area contributed by atoms with Crippen LogP contribution in [0.15, 0.2) is 182 Å². The van der Waals surface area contributed by atoms with E-state index < -0.39 is 5.60 Å². The van der Waals surface area contributed by atoms with Gasteiger partial charge in [-0.1, -0.05) is 133 Å². The first-order valence-electron chi connectivity index (χ1n) is 49.2. The molecule has 15 aromatic rings.